The lowest BCUT2D eigenvalue weighted by Gasteiger charge is -2.25. The minimum atomic E-state index is -4.97. The van der Waals surface area contributed by atoms with Crippen LogP contribution in [0.3, 0.4) is 0 Å². The first-order valence-electron chi connectivity index (χ1n) is 13.7. The molecule has 0 unspecified atom stereocenters. The second-order valence-electron chi connectivity index (χ2n) is 10.6. The zero-order chi connectivity index (χ0) is 34.3. The maximum absolute atomic E-state index is 14.0. The number of ether oxygens (including phenoxy) is 1. The predicted molar refractivity (Wildman–Crippen MR) is 144 cm³/mol. The molecule has 2 aromatic rings. The molecular formula is C28H28F7N5O6. The van der Waals surface area contributed by atoms with Crippen molar-refractivity contribution < 1.29 is 59.4 Å². The van der Waals surface area contributed by atoms with Crippen LogP contribution in [-0.4, -0.2) is 59.6 Å². The van der Waals surface area contributed by atoms with Gasteiger partial charge in [-0.2, -0.15) is 22.0 Å². The number of anilines is 1. The van der Waals surface area contributed by atoms with Gasteiger partial charge in [0.15, 0.2) is 28.9 Å². The molecule has 4 amide bonds. The molecule has 0 aliphatic carbocycles. The van der Waals surface area contributed by atoms with Crippen LogP contribution in [0.25, 0.3) is 0 Å². The molecule has 1 aromatic carbocycles. The van der Waals surface area contributed by atoms with Gasteiger partial charge in [0.05, 0.1) is 11.7 Å². The summed E-state index contributed by atoms with van der Waals surface area (Å²) in [5.74, 6) is -15.9. The number of halogens is 7. The predicted octanol–water partition coefficient (Wildman–Crippen LogP) is 2.79. The molecule has 0 saturated carbocycles. The van der Waals surface area contributed by atoms with E-state index in [4.69, 9.17) is 4.74 Å². The number of nitrogens with zero attached hydrogens (tertiary/aromatic N) is 1. The molecule has 3 atom stereocenters. The minimum absolute atomic E-state index is 0.0729. The Morgan fingerprint density at radius 2 is 1.67 bits per heavy atom. The van der Waals surface area contributed by atoms with Gasteiger partial charge in [-0.1, -0.05) is 13.8 Å². The number of hydrogen-bond acceptors (Lipinski definition) is 7. The Morgan fingerprint density at radius 1 is 1.02 bits per heavy atom. The summed E-state index contributed by atoms with van der Waals surface area (Å²) in [6, 6.07) is -1.29. The summed E-state index contributed by atoms with van der Waals surface area (Å²) in [5.41, 5.74) is -2.31. The SMILES string of the molecule is CC(C)C[C@H](NC(=O)C(=O)Nc1cccnc1C(F)(F)F)C(=O)N[C@@H](C[C@@H]1CCNC1=O)C(=O)COc1c(F)c(F)cc(F)c1F. The van der Waals surface area contributed by atoms with Crippen LogP contribution in [0.5, 0.6) is 5.75 Å². The van der Waals surface area contributed by atoms with Crippen molar-refractivity contribution in [2.75, 3.05) is 18.5 Å². The lowest BCUT2D eigenvalue weighted by molar-refractivity contribution is -0.141. The van der Waals surface area contributed by atoms with Crippen molar-refractivity contribution in [3.63, 3.8) is 0 Å². The van der Waals surface area contributed by atoms with Gasteiger partial charge in [-0.05, 0) is 37.3 Å². The third kappa shape index (κ3) is 9.13. The van der Waals surface area contributed by atoms with E-state index in [0.29, 0.717) is 0 Å². The van der Waals surface area contributed by atoms with Crippen LogP contribution in [-0.2, 0) is 30.1 Å². The van der Waals surface area contributed by atoms with E-state index in [1.807, 2.05) is 0 Å². The Kier molecular flexibility index (Phi) is 11.6. The highest BCUT2D eigenvalue weighted by Crippen LogP contribution is 2.32. The molecule has 3 rings (SSSR count). The van der Waals surface area contributed by atoms with E-state index < -0.39 is 101 Å². The molecule has 11 nitrogen and oxygen atoms in total. The number of alkyl halides is 3. The summed E-state index contributed by atoms with van der Waals surface area (Å²) in [7, 11) is 0. The van der Waals surface area contributed by atoms with Crippen LogP contribution >= 0.6 is 0 Å². The van der Waals surface area contributed by atoms with Crippen molar-refractivity contribution in [3.8, 4) is 5.75 Å². The van der Waals surface area contributed by atoms with Gasteiger partial charge in [0.2, 0.25) is 23.4 Å². The van der Waals surface area contributed by atoms with Gasteiger partial charge in [0, 0.05) is 24.7 Å². The Bertz CT molecular complexity index is 1480. The van der Waals surface area contributed by atoms with Gasteiger partial charge in [-0.3, -0.25) is 24.0 Å². The van der Waals surface area contributed by atoms with Gasteiger partial charge in [-0.15, -0.1) is 0 Å². The van der Waals surface area contributed by atoms with Crippen molar-refractivity contribution in [2.24, 2.45) is 11.8 Å². The Morgan fingerprint density at radius 3 is 2.24 bits per heavy atom. The number of nitrogens with one attached hydrogen (secondary N) is 4. The molecule has 1 saturated heterocycles. The first kappa shape index (κ1) is 35.7. The summed E-state index contributed by atoms with van der Waals surface area (Å²) in [6.07, 6.45) is -4.42. The first-order chi connectivity index (χ1) is 21.5. The van der Waals surface area contributed by atoms with Crippen LogP contribution in [0.4, 0.5) is 36.4 Å². The molecule has 1 fully saturated rings. The maximum Gasteiger partial charge on any atom is 0.435 e. The van der Waals surface area contributed by atoms with Crippen molar-refractivity contribution in [2.45, 2.75) is 51.4 Å². The van der Waals surface area contributed by atoms with E-state index in [1.165, 1.54) is 0 Å². The average Bonchev–Trinajstić information content (AvgIpc) is 3.38. The summed E-state index contributed by atoms with van der Waals surface area (Å²) in [4.78, 5) is 66.8. The third-order valence-electron chi connectivity index (χ3n) is 6.68. The van der Waals surface area contributed by atoms with E-state index in [1.54, 1.807) is 19.2 Å². The van der Waals surface area contributed by atoms with E-state index >= 15 is 0 Å². The largest absolute Gasteiger partial charge is 0.479 e. The molecule has 0 radical (unpaired) electrons. The van der Waals surface area contributed by atoms with Crippen LogP contribution in [0.2, 0.25) is 0 Å². The zero-order valence-corrected chi connectivity index (χ0v) is 24.2. The number of carbonyl (C=O) groups is 5. The molecule has 4 N–H and O–H groups in total. The van der Waals surface area contributed by atoms with E-state index in [-0.39, 0.29) is 37.8 Å². The van der Waals surface area contributed by atoms with Crippen LogP contribution < -0.4 is 26.0 Å². The number of amides is 4. The molecule has 0 bridgehead atoms. The molecule has 46 heavy (non-hydrogen) atoms. The second kappa shape index (κ2) is 15.0. The summed E-state index contributed by atoms with van der Waals surface area (Å²) in [6.45, 7) is 2.27. The maximum atomic E-state index is 14.0. The number of benzene rings is 1. The minimum Gasteiger partial charge on any atom is -0.479 e. The fraction of sp³-hybridized carbons (Fsp3) is 0.429. The smallest absolute Gasteiger partial charge is 0.435 e. The van der Waals surface area contributed by atoms with Crippen LogP contribution in [0, 0.1) is 35.1 Å². The monoisotopic (exact) mass is 663 g/mol. The molecular weight excluding hydrogens is 635 g/mol. The molecule has 0 spiro atoms. The highest BCUT2D eigenvalue weighted by molar-refractivity contribution is 6.40. The quantitative estimate of drug-likeness (QED) is 0.155. The molecule has 18 heteroatoms. The topological polar surface area (TPSA) is 156 Å². The van der Waals surface area contributed by atoms with Crippen molar-refractivity contribution in [1.29, 1.82) is 0 Å². The van der Waals surface area contributed by atoms with Gasteiger partial charge in [0.25, 0.3) is 0 Å². The Balaban J connectivity index is 1.78. The van der Waals surface area contributed by atoms with Gasteiger partial charge in [0.1, 0.15) is 12.6 Å². The Hall–Kier alpha value is -4.77. The lowest BCUT2D eigenvalue weighted by atomic mass is 9.95. The summed E-state index contributed by atoms with van der Waals surface area (Å²) >= 11 is 0. The third-order valence-corrected chi connectivity index (χ3v) is 6.68. The lowest BCUT2D eigenvalue weighted by Crippen LogP contribution is -2.54. The molecule has 2 heterocycles. The van der Waals surface area contributed by atoms with E-state index in [2.05, 4.69) is 20.9 Å². The van der Waals surface area contributed by atoms with Crippen LogP contribution in [0.1, 0.15) is 38.8 Å². The van der Waals surface area contributed by atoms with Crippen molar-refractivity contribution >= 4 is 35.1 Å². The average molecular weight is 664 g/mol. The Labute approximate surface area is 256 Å². The normalized spacial score (nSPS) is 16.0. The van der Waals surface area contributed by atoms with Gasteiger partial charge >= 0.3 is 18.0 Å². The molecule has 1 aliphatic heterocycles. The highest BCUT2D eigenvalue weighted by Gasteiger charge is 2.37. The van der Waals surface area contributed by atoms with E-state index in [9.17, 15) is 54.7 Å². The zero-order valence-electron chi connectivity index (χ0n) is 24.2. The molecule has 250 valence electrons. The van der Waals surface area contributed by atoms with Gasteiger partial charge < -0.3 is 26.0 Å². The van der Waals surface area contributed by atoms with E-state index in [0.717, 1.165) is 18.3 Å². The number of pyridine rings is 1. The second-order valence-corrected chi connectivity index (χ2v) is 10.6. The molecule has 1 aliphatic rings. The summed E-state index contributed by atoms with van der Waals surface area (Å²) in [5, 5.41) is 8.68. The fourth-order valence-electron chi connectivity index (χ4n) is 4.46. The van der Waals surface area contributed by atoms with Crippen molar-refractivity contribution in [3.05, 3.63) is 53.4 Å². The number of hydrogen-bond donors (Lipinski definition) is 4. The summed E-state index contributed by atoms with van der Waals surface area (Å²) < 4.78 is 99.7. The standard InChI is InChI=1S/C28H28F7N5O6/c1-12(2)8-18(40-27(45)26(44)38-16-4-3-6-36-23(16)28(33,34)35)25(43)39-17(9-13-5-7-37-24(13)42)19(41)11-46-22-20(31)14(29)10-15(30)21(22)32/h3-4,6,10,12-13,17-18H,5,7-9,11H2,1-2H3,(H,37,42)(H,38,44)(H,39,43)(H,40,45)/t13-,17-,18-/m0/s1. The van der Waals surface area contributed by atoms with Crippen LogP contribution in [0.15, 0.2) is 24.4 Å². The number of carbonyl (C=O) groups excluding carboxylic acids is 5. The van der Waals surface area contributed by atoms with Gasteiger partial charge in [-0.25, -0.2) is 13.8 Å². The molecule has 1 aromatic heterocycles. The number of aromatic nitrogens is 1. The fourth-order valence-corrected chi connectivity index (χ4v) is 4.46. The first-order valence-corrected chi connectivity index (χ1v) is 13.7. The number of ketones is 1. The number of Topliss-reactive ketones (excluding diaryl/α,β-unsaturated/α-hetero) is 1. The van der Waals surface area contributed by atoms with Crippen molar-refractivity contribution in [1.82, 2.24) is 20.9 Å². The number of rotatable bonds is 12. The highest BCUT2D eigenvalue weighted by atomic mass is 19.4.